The summed E-state index contributed by atoms with van der Waals surface area (Å²) in [4.78, 5) is 11.5. The second-order valence-corrected chi connectivity index (χ2v) is 4.40. The molecule has 1 rings (SSSR count). The van der Waals surface area contributed by atoms with Crippen LogP contribution in [0.5, 0.6) is 5.75 Å². The van der Waals surface area contributed by atoms with Gasteiger partial charge in [0.15, 0.2) is 5.75 Å². The van der Waals surface area contributed by atoms with E-state index in [2.05, 4.69) is 5.32 Å². The standard InChI is InChI=1S/C11H14Cl2N2O2/c12-8-5-7(6-9(13)11(8)17)15-10(16)3-1-2-4-14/h5-6,17H,1-4,14H2,(H,15,16). The smallest absolute Gasteiger partial charge is 0.224 e. The van der Waals surface area contributed by atoms with Crippen molar-refractivity contribution in [3.63, 3.8) is 0 Å². The van der Waals surface area contributed by atoms with E-state index in [-0.39, 0.29) is 21.7 Å². The Labute approximate surface area is 110 Å². The molecule has 0 saturated carbocycles. The largest absolute Gasteiger partial charge is 0.505 e. The molecule has 1 amide bonds. The topological polar surface area (TPSA) is 75.4 Å². The second kappa shape index (κ2) is 6.69. The van der Waals surface area contributed by atoms with Crippen LogP contribution in [0.25, 0.3) is 0 Å². The van der Waals surface area contributed by atoms with E-state index in [4.69, 9.17) is 28.9 Å². The van der Waals surface area contributed by atoms with Crippen LogP contribution in [0.15, 0.2) is 12.1 Å². The summed E-state index contributed by atoms with van der Waals surface area (Å²) >= 11 is 11.5. The van der Waals surface area contributed by atoms with Gasteiger partial charge in [-0.2, -0.15) is 0 Å². The lowest BCUT2D eigenvalue weighted by Crippen LogP contribution is -2.12. The second-order valence-electron chi connectivity index (χ2n) is 3.58. The van der Waals surface area contributed by atoms with E-state index in [0.29, 0.717) is 18.7 Å². The predicted molar refractivity (Wildman–Crippen MR) is 69.7 cm³/mol. The van der Waals surface area contributed by atoms with Crippen LogP contribution in [-0.2, 0) is 4.79 Å². The summed E-state index contributed by atoms with van der Waals surface area (Å²) in [6, 6.07) is 2.90. The SMILES string of the molecule is NCCCCC(=O)Nc1cc(Cl)c(O)c(Cl)c1. The Morgan fingerprint density at radius 3 is 2.41 bits per heavy atom. The average molecular weight is 277 g/mol. The molecule has 0 atom stereocenters. The number of hydrogen-bond acceptors (Lipinski definition) is 3. The van der Waals surface area contributed by atoms with Gasteiger partial charge in [0.2, 0.25) is 5.91 Å². The summed E-state index contributed by atoms with van der Waals surface area (Å²) in [6.07, 6.45) is 1.94. The number of phenolic OH excluding ortho intramolecular Hbond substituents is 1. The van der Waals surface area contributed by atoms with Crippen LogP contribution >= 0.6 is 23.2 Å². The zero-order chi connectivity index (χ0) is 12.8. The molecule has 0 unspecified atom stereocenters. The van der Waals surface area contributed by atoms with Gasteiger partial charge in [-0.1, -0.05) is 23.2 Å². The molecule has 1 aromatic rings. The third-order valence-corrected chi connectivity index (χ3v) is 2.73. The number of hydrogen-bond donors (Lipinski definition) is 3. The molecule has 94 valence electrons. The maximum absolute atomic E-state index is 11.5. The summed E-state index contributed by atoms with van der Waals surface area (Å²) in [5.74, 6) is -0.314. The van der Waals surface area contributed by atoms with Gasteiger partial charge in [-0.05, 0) is 31.5 Å². The van der Waals surface area contributed by atoms with E-state index in [9.17, 15) is 9.90 Å². The minimum Gasteiger partial charge on any atom is -0.505 e. The number of benzene rings is 1. The Balaban J connectivity index is 2.60. The highest BCUT2D eigenvalue weighted by atomic mass is 35.5. The van der Waals surface area contributed by atoms with Crippen molar-refractivity contribution in [1.82, 2.24) is 0 Å². The molecule has 0 spiro atoms. The number of phenols is 1. The van der Waals surface area contributed by atoms with Gasteiger partial charge < -0.3 is 16.2 Å². The fraction of sp³-hybridized carbons (Fsp3) is 0.364. The highest BCUT2D eigenvalue weighted by Crippen LogP contribution is 2.34. The Bertz CT molecular complexity index is 387. The molecule has 0 radical (unpaired) electrons. The number of halogens is 2. The van der Waals surface area contributed by atoms with Crippen molar-refractivity contribution >= 4 is 34.8 Å². The van der Waals surface area contributed by atoms with Gasteiger partial charge in [-0.15, -0.1) is 0 Å². The monoisotopic (exact) mass is 276 g/mol. The first-order valence-electron chi connectivity index (χ1n) is 5.22. The molecule has 0 aliphatic carbocycles. The number of amides is 1. The van der Waals surface area contributed by atoms with Crippen molar-refractivity contribution in [1.29, 1.82) is 0 Å². The molecule has 4 N–H and O–H groups in total. The lowest BCUT2D eigenvalue weighted by atomic mass is 10.2. The van der Waals surface area contributed by atoms with Crippen molar-refractivity contribution in [3.05, 3.63) is 22.2 Å². The fourth-order valence-electron chi connectivity index (χ4n) is 1.29. The van der Waals surface area contributed by atoms with Gasteiger partial charge in [0.25, 0.3) is 0 Å². The van der Waals surface area contributed by atoms with E-state index in [1.807, 2.05) is 0 Å². The van der Waals surface area contributed by atoms with Crippen LogP contribution in [-0.4, -0.2) is 17.6 Å². The number of carbonyl (C=O) groups excluding carboxylic acids is 1. The maximum atomic E-state index is 11.5. The van der Waals surface area contributed by atoms with Gasteiger partial charge >= 0.3 is 0 Å². The molecule has 0 aliphatic rings. The van der Waals surface area contributed by atoms with Crippen molar-refractivity contribution in [2.24, 2.45) is 5.73 Å². The lowest BCUT2D eigenvalue weighted by molar-refractivity contribution is -0.116. The number of anilines is 1. The van der Waals surface area contributed by atoms with Crippen LogP contribution in [0, 0.1) is 0 Å². The van der Waals surface area contributed by atoms with Crippen LogP contribution < -0.4 is 11.1 Å². The molecule has 0 aliphatic heterocycles. The van der Waals surface area contributed by atoms with E-state index in [1.54, 1.807) is 0 Å². The Hall–Kier alpha value is -0.970. The normalized spacial score (nSPS) is 10.3. The highest BCUT2D eigenvalue weighted by Gasteiger charge is 2.08. The van der Waals surface area contributed by atoms with Crippen molar-refractivity contribution in [3.8, 4) is 5.75 Å². The summed E-state index contributed by atoms with van der Waals surface area (Å²) in [7, 11) is 0. The first-order valence-corrected chi connectivity index (χ1v) is 5.98. The molecular weight excluding hydrogens is 263 g/mol. The summed E-state index contributed by atoms with van der Waals surface area (Å²) < 4.78 is 0. The summed E-state index contributed by atoms with van der Waals surface area (Å²) in [6.45, 7) is 0.574. The van der Waals surface area contributed by atoms with E-state index >= 15 is 0 Å². The van der Waals surface area contributed by atoms with E-state index < -0.39 is 0 Å². The van der Waals surface area contributed by atoms with E-state index in [0.717, 1.165) is 12.8 Å². The van der Waals surface area contributed by atoms with Crippen LogP contribution in [0.3, 0.4) is 0 Å². The molecule has 0 bridgehead atoms. The first-order chi connectivity index (χ1) is 8.04. The van der Waals surface area contributed by atoms with Crippen LogP contribution in [0.1, 0.15) is 19.3 Å². The van der Waals surface area contributed by atoms with Crippen molar-refractivity contribution in [2.75, 3.05) is 11.9 Å². The Kier molecular flexibility index (Phi) is 5.55. The number of carbonyl (C=O) groups is 1. The molecule has 0 fully saturated rings. The number of unbranched alkanes of at least 4 members (excludes halogenated alkanes) is 1. The number of aromatic hydroxyl groups is 1. The summed E-state index contributed by atoms with van der Waals surface area (Å²) in [5.41, 5.74) is 5.80. The third kappa shape index (κ3) is 4.42. The van der Waals surface area contributed by atoms with Gasteiger partial charge in [0.05, 0.1) is 10.0 Å². The minimum atomic E-state index is -0.186. The minimum absolute atomic E-state index is 0.106. The van der Waals surface area contributed by atoms with Crippen LogP contribution in [0.2, 0.25) is 10.0 Å². The van der Waals surface area contributed by atoms with E-state index in [1.165, 1.54) is 12.1 Å². The molecule has 0 heterocycles. The van der Waals surface area contributed by atoms with Crippen LogP contribution in [0.4, 0.5) is 5.69 Å². The number of nitrogens with one attached hydrogen (secondary N) is 1. The van der Waals surface area contributed by atoms with Gasteiger partial charge in [-0.25, -0.2) is 0 Å². The third-order valence-electron chi connectivity index (χ3n) is 2.16. The lowest BCUT2D eigenvalue weighted by Gasteiger charge is -2.07. The molecule has 4 nitrogen and oxygen atoms in total. The molecule has 1 aromatic carbocycles. The van der Waals surface area contributed by atoms with Crippen molar-refractivity contribution in [2.45, 2.75) is 19.3 Å². The van der Waals surface area contributed by atoms with Gasteiger partial charge in [-0.3, -0.25) is 4.79 Å². The van der Waals surface area contributed by atoms with Gasteiger partial charge in [0, 0.05) is 12.1 Å². The zero-order valence-corrected chi connectivity index (χ0v) is 10.7. The first kappa shape index (κ1) is 14.1. The van der Waals surface area contributed by atoms with Crippen molar-refractivity contribution < 1.29 is 9.90 Å². The Morgan fingerprint density at radius 1 is 1.29 bits per heavy atom. The number of nitrogens with two attached hydrogens (primary N) is 1. The maximum Gasteiger partial charge on any atom is 0.224 e. The highest BCUT2D eigenvalue weighted by molar-refractivity contribution is 6.37. The molecule has 0 aromatic heterocycles. The average Bonchev–Trinajstić information content (AvgIpc) is 2.26. The Morgan fingerprint density at radius 2 is 1.88 bits per heavy atom. The quantitative estimate of drug-likeness (QED) is 0.572. The molecule has 6 heteroatoms. The molecule has 17 heavy (non-hydrogen) atoms. The molecule has 0 saturated heterocycles. The number of rotatable bonds is 5. The van der Waals surface area contributed by atoms with Gasteiger partial charge in [0.1, 0.15) is 0 Å². The summed E-state index contributed by atoms with van der Waals surface area (Å²) in [5, 5.41) is 12.2. The molecular formula is C11H14Cl2N2O2. The fourth-order valence-corrected chi connectivity index (χ4v) is 1.78. The predicted octanol–water partition coefficient (Wildman–Crippen LogP) is 2.77. The zero-order valence-electron chi connectivity index (χ0n) is 9.17.